The summed E-state index contributed by atoms with van der Waals surface area (Å²) < 4.78 is 14.9. The molecule has 0 aliphatic rings. The van der Waals surface area contributed by atoms with Crippen molar-refractivity contribution in [2.75, 3.05) is 0 Å². The third-order valence-corrected chi connectivity index (χ3v) is 4.63. The number of carbonyl (C=O) groups excluding carboxylic acids is 1. The number of hydrogen-bond donors (Lipinski definition) is 0. The van der Waals surface area contributed by atoms with Crippen molar-refractivity contribution in [3.63, 3.8) is 0 Å². The maximum Gasteiger partial charge on any atom is 0.204 e. The standard InChI is InChI=1S/C15H8BrFOS/c16-12-6-5-10(17)8-11(12)15(18)14-7-9-3-1-2-4-13(9)19-14/h1-8H. The summed E-state index contributed by atoms with van der Waals surface area (Å²) in [4.78, 5) is 13.0. The summed E-state index contributed by atoms with van der Waals surface area (Å²) in [6.07, 6.45) is 0. The van der Waals surface area contributed by atoms with E-state index in [9.17, 15) is 9.18 Å². The Morgan fingerprint density at radius 2 is 1.89 bits per heavy atom. The third-order valence-electron chi connectivity index (χ3n) is 2.82. The van der Waals surface area contributed by atoms with Crippen molar-refractivity contribution in [2.24, 2.45) is 0 Å². The summed E-state index contributed by atoms with van der Waals surface area (Å²) in [5.74, 6) is -0.569. The first-order valence-electron chi connectivity index (χ1n) is 5.63. The van der Waals surface area contributed by atoms with Gasteiger partial charge in [-0.25, -0.2) is 4.39 Å². The van der Waals surface area contributed by atoms with Gasteiger partial charge in [0.25, 0.3) is 0 Å². The van der Waals surface area contributed by atoms with Crippen LogP contribution < -0.4 is 0 Å². The number of rotatable bonds is 2. The fourth-order valence-corrected chi connectivity index (χ4v) is 3.34. The SMILES string of the molecule is O=C(c1cc2ccccc2s1)c1cc(F)ccc1Br. The van der Waals surface area contributed by atoms with E-state index in [0.717, 1.165) is 10.1 Å². The maximum absolute atomic E-state index is 13.3. The zero-order chi connectivity index (χ0) is 13.4. The Balaban J connectivity index is 2.10. The predicted molar refractivity (Wildman–Crippen MR) is 79.4 cm³/mol. The topological polar surface area (TPSA) is 17.1 Å². The molecular weight excluding hydrogens is 327 g/mol. The molecule has 0 unspecified atom stereocenters. The van der Waals surface area contributed by atoms with Crippen LogP contribution in [0.15, 0.2) is 53.0 Å². The Kier molecular flexibility index (Phi) is 3.21. The Morgan fingerprint density at radius 1 is 1.11 bits per heavy atom. The van der Waals surface area contributed by atoms with Gasteiger partial charge in [-0.2, -0.15) is 0 Å². The molecule has 0 aliphatic carbocycles. The van der Waals surface area contributed by atoms with Crippen LogP contribution in [-0.4, -0.2) is 5.78 Å². The van der Waals surface area contributed by atoms with Crippen LogP contribution in [0.2, 0.25) is 0 Å². The monoisotopic (exact) mass is 334 g/mol. The van der Waals surface area contributed by atoms with Crippen molar-refractivity contribution >= 4 is 43.1 Å². The summed E-state index contributed by atoms with van der Waals surface area (Å²) in [5, 5.41) is 1.03. The molecule has 0 radical (unpaired) electrons. The molecule has 3 rings (SSSR count). The molecule has 19 heavy (non-hydrogen) atoms. The molecule has 94 valence electrons. The lowest BCUT2D eigenvalue weighted by atomic mass is 10.1. The van der Waals surface area contributed by atoms with E-state index >= 15 is 0 Å². The van der Waals surface area contributed by atoms with E-state index in [-0.39, 0.29) is 5.78 Å². The van der Waals surface area contributed by atoms with E-state index in [4.69, 9.17) is 0 Å². The largest absolute Gasteiger partial charge is 0.288 e. The summed E-state index contributed by atoms with van der Waals surface area (Å²) in [5.41, 5.74) is 0.353. The lowest BCUT2D eigenvalue weighted by molar-refractivity contribution is 0.104. The molecule has 0 spiro atoms. The van der Waals surface area contributed by atoms with Gasteiger partial charge in [-0.05, 0) is 35.7 Å². The Hall–Kier alpha value is -1.52. The number of thiophene rings is 1. The average molecular weight is 335 g/mol. The first-order valence-corrected chi connectivity index (χ1v) is 7.24. The van der Waals surface area contributed by atoms with E-state index < -0.39 is 5.82 Å². The van der Waals surface area contributed by atoms with Crippen molar-refractivity contribution in [3.8, 4) is 0 Å². The van der Waals surface area contributed by atoms with Crippen LogP contribution in [-0.2, 0) is 0 Å². The van der Waals surface area contributed by atoms with Crippen LogP contribution in [0.25, 0.3) is 10.1 Å². The number of fused-ring (bicyclic) bond motifs is 1. The summed E-state index contributed by atoms with van der Waals surface area (Å²) in [7, 11) is 0. The van der Waals surface area contributed by atoms with Crippen molar-refractivity contribution in [3.05, 3.63) is 69.3 Å². The molecule has 3 aromatic rings. The van der Waals surface area contributed by atoms with E-state index in [1.807, 2.05) is 30.3 Å². The van der Waals surface area contributed by atoms with Gasteiger partial charge in [-0.15, -0.1) is 11.3 Å². The van der Waals surface area contributed by atoms with Gasteiger partial charge in [0.15, 0.2) is 0 Å². The lowest BCUT2D eigenvalue weighted by Crippen LogP contribution is -2.00. The molecule has 0 saturated carbocycles. The van der Waals surface area contributed by atoms with Gasteiger partial charge in [0.05, 0.1) is 4.88 Å². The molecule has 0 bridgehead atoms. The van der Waals surface area contributed by atoms with E-state index in [0.29, 0.717) is 14.9 Å². The number of ketones is 1. The van der Waals surface area contributed by atoms with Crippen LogP contribution in [0.4, 0.5) is 4.39 Å². The van der Waals surface area contributed by atoms with Crippen molar-refractivity contribution < 1.29 is 9.18 Å². The normalized spacial score (nSPS) is 10.8. The first kappa shape index (κ1) is 12.5. The fourth-order valence-electron chi connectivity index (χ4n) is 1.90. The fraction of sp³-hybridized carbons (Fsp3) is 0. The zero-order valence-electron chi connectivity index (χ0n) is 9.69. The first-order chi connectivity index (χ1) is 9.15. The van der Waals surface area contributed by atoms with E-state index in [1.54, 1.807) is 6.07 Å². The van der Waals surface area contributed by atoms with Gasteiger partial charge < -0.3 is 0 Å². The summed E-state index contributed by atoms with van der Waals surface area (Å²) in [6, 6.07) is 13.8. The number of hydrogen-bond acceptors (Lipinski definition) is 2. The quantitative estimate of drug-likeness (QED) is 0.600. The second kappa shape index (κ2) is 4.87. The van der Waals surface area contributed by atoms with Crippen LogP contribution in [0.5, 0.6) is 0 Å². The van der Waals surface area contributed by atoms with Gasteiger partial charge in [0.1, 0.15) is 5.82 Å². The van der Waals surface area contributed by atoms with Crippen molar-refractivity contribution in [1.29, 1.82) is 0 Å². The van der Waals surface area contributed by atoms with Crippen molar-refractivity contribution in [2.45, 2.75) is 0 Å². The maximum atomic E-state index is 13.3. The molecule has 0 saturated heterocycles. The molecule has 0 aliphatic heterocycles. The molecule has 0 amide bonds. The summed E-state index contributed by atoms with van der Waals surface area (Å²) in [6.45, 7) is 0. The molecular formula is C15H8BrFOS. The Bertz CT molecular complexity index is 746. The minimum atomic E-state index is -0.410. The van der Waals surface area contributed by atoms with Gasteiger partial charge in [-0.3, -0.25) is 4.79 Å². The van der Waals surface area contributed by atoms with Crippen LogP contribution in [0, 0.1) is 5.82 Å². The minimum Gasteiger partial charge on any atom is -0.288 e. The van der Waals surface area contributed by atoms with Gasteiger partial charge in [-0.1, -0.05) is 34.1 Å². The lowest BCUT2D eigenvalue weighted by Gasteiger charge is -2.01. The Morgan fingerprint density at radius 3 is 2.68 bits per heavy atom. The molecule has 1 aromatic heterocycles. The van der Waals surface area contributed by atoms with Gasteiger partial charge in [0, 0.05) is 14.7 Å². The molecule has 4 heteroatoms. The van der Waals surface area contributed by atoms with Gasteiger partial charge >= 0.3 is 0 Å². The second-order valence-corrected chi connectivity index (χ2v) is 6.04. The highest BCUT2D eigenvalue weighted by Crippen LogP contribution is 2.29. The predicted octanol–water partition coefficient (Wildman–Crippen LogP) is 5.03. The van der Waals surface area contributed by atoms with Crippen LogP contribution >= 0.6 is 27.3 Å². The molecule has 0 atom stereocenters. The van der Waals surface area contributed by atoms with Gasteiger partial charge in [0.2, 0.25) is 5.78 Å². The molecule has 2 aromatic carbocycles. The smallest absolute Gasteiger partial charge is 0.204 e. The summed E-state index contributed by atoms with van der Waals surface area (Å²) >= 11 is 4.71. The highest BCUT2D eigenvalue weighted by molar-refractivity contribution is 9.10. The van der Waals surface area contributed by atoms with E-state index in [1.165, 1.54) is 23.5 Å². The number of halogens is 2. The van der Waals surface area contributed by atoms with Crippen LogP contribution in [0.1, 0.15) is 15.2 Å². The highest BCUT2D eigenvalue weighted by atomic mass is 79.9. The molecule has 0 fully saturated rings. The van der Waals surface area contributed by atoms with E-state index in [2.05, 4.69) is 15.9 Å². The second-order valence-electron chi connectivity index (χ2n) is 4.10. The molecule has 1 heterocycles. The average Bonchev–Trinajstić information content (AvgIpc) is 2.84. The highest BCUT2D eigenvalue weighted by Gasteiger charge is 2.16. The van der Waals surface area contributed by atoms with Crippen LogP contribution in [0.3, 0.4) is 0 Å². The third kappa shape index (κ3) is 2.33. The molecule has 1 nitrogen and oxygen atoms in total. The zero-order valence-corrected chi connectivity index (χ0v) is 12.1. The molecule has 0 N–H and O–H groups in total. The van der Waals surface area contributed by atoms with Crippen molar-refractivity contribution in [1.82, 2.24) is 0 Å². The number of benzene rings is 2. The Labute approximate surface area is 121 Å². The number of carbonyl (C=O) groups is 1. The minimum absolute atomic E-state index is 0.160.